The van der Waals surface area contributed by atoms with E-state index in [-0.39, 0.29) is 24.8 Å². The summed E-state index contributed by atoms with van der Waals surface area (Å²) in [6.45, 7) is 1.80. The third-order valence-electron chi connectivity index (χ3n) is 2.35. The lowest BCUT2D eigenvalue weighted by Gasteiger charge is -2.15. The maximum Gasteiger partial charge on any atom is 0.325 e. The first-order valence-corrected chi connectivity index (χ1v) is 6.90. The van der Waals surface area contributed by atoms with E-state index in [4.69, 9.17) is 4.74 Å². The lowest BCUT2D eigenvalue weighted by atomic mass is 10.3. The Labute approximate surface area is 120 Å². The van der Waals surface area contributed by atoms with Gasteiger partial charge in [-0.25, -0.2) is 8.78 Å². The number of nitrogens with zero attached hydrogens (tertiary/aromatic N) is 1. The molecule has 0 atom stereocenters. The van der Waals surface area contributed by atoms with Crippen LogP contribution in [0.15, 0.2) is 23.1 Å². The molecule has 0 aromatic heterocycles. The molecule has 0 bridgehead atoms. The summed E-state index contributed by atoms with van der Waals surface area (Å²) in [6, 6.07) is 3.42. The summed E-state index contributed by atoms with van der Waals surface area (Å²) in [6.07, 6.45) is 0. The highest BCUT2D eigenvalue weighted by Crippen LogP contribution is 2.20. The fourth-order valence-corrected chi connectivity index (χ4v) is 2.17. The molecule has 1 rings (SSSR count). The van der Waals surface area contributed by atoms with Gasteiger partial charge < -0.3 is 9.64 Å². The Morgan fingerprint density at radius 3 is 2.60 bits per heavy atom. The Balaban J connectivity index is 2.46. The molecule has 0 radical (unpaired) electrons. The van der Waals surface area contributed by atoms with Gasteiger partial charge in [0.1, 0.15) is 6.54 Å². The van der Waals surface area contributed by atoms with Crippen LogP contribution in [0.2, 0.25) is 0 Å². The molecule has 1 aromatic rings. The number of amides is 1. The number of halogens is 2. The molecule has 0 aliphatic rings. The second-order valence-corrected chi connectivity index (χ2v) is 4.97. The van der Waals surface area contributed by atoms with Crippen LogP contribution in [0.4, 0.5) is 8.78 Å². The minimum absolute atomic E-state index is 0.0287. The van der Waals surface area contributed by atoms with Crippen LogP contribution in [-0.2, 0) is 14.3 Å². The number of esters is 1. The number of ether oxygens (including phenoxy) is 1. The first-order valence-electron chi connectivity index (χ1n) is 5.91. The zero-order valence-electron chi connectivity index (χ0n) is 11.2. The molecule has 7 heteroatoms. The molecule has 20 heavy (non-hydrogen) atoms. The molecule has 4 nitrogen and oxygen atoms in total. The van der Waals surface area contributed by atoms with Crippen LogP contribution in [0.3, 0.4) is 0 Å². The van der Waals surface area contributed by atoms with E-state index in [9.17, 15) is 18.4 Å². The second-order valence-electron chi connectivity index (χ2n) is 3.92. The van der Waals surface area contributed by atoms with Gasteiger partial charge in [0.25, 0.3) is 0 Å². The van der Waals surface area contributed by atoms with Gasteiger partial charge in [-0.3, -0.25) is 9.59 Å². The quantitative estimate of drug-likeness (QED) is 0.596. The Hall–Kier alpha value is -1.63. The van der Waals surface area contributed by atoms with E-state index in [1.54, 1.807) is 6.92 Å². The monoisotopic (exact) mass is 303 g/mol. The SMILES string of the molecule is CCOC(=O)CN(C)C(=O)CSc1ccc(F)c(F)c1. The minimum Gasteiger partial charge on any atom is -0.465 e. The van der Waals surface area contributed by atoms with Crippen molar-refractivity contribution in [3.05, 3.63) is 29.8 Å². The third kappa shape index (κ3) is 5.16. The normalized spacial score (nSPS) is 10.2. The predicted octanol–water partition coefficient (Wildman–Crippen LogP) is 2.08. The van der Waals surface area contributed by atoms with E-state index < -0.39 is 17.6 Å². The van der Waals surface area contributed by atoms with Crippen LogP contribution in [0.1, 0.15) is 6.92 Å². The molecule has 0 saturated carbocycles. The van der Waals surface area contributed by atoms with Crippen LogP contribution >= 0.6 is 11.8 Å². The highest BCUT2D eigenvalue weighted by molar-refractivity contribution is 8.00. The molecule has 0 N–H and O–H groups in total. The van der Waals surface area contributed by atoms with Gasteiger partial charge >= 0.3 is 5.97 Å². The van der Waals surface area contributed by atoms with Crippen molar-refractivity contribution in [2.45, 2.75) is 11.8 Å². The van der Waals surface area contributed by atoms with Crippen molar-refractivity contribution in [3.8, 4) is 0 Å². The molecular formula is C13H15F2NO3S. The van der Waals surface area contributed by atoms with E-state index in [2.05, 4.69) is 0 Å². The number of hydrogen-bond donors (Lipinski definition) is 0. The van der Waals surface area contributed by atoms with Gasteiger partial charge in [-0.15, -0.1) is 11.8 Å². The Bertz CT molecular complexity index is 497. The van der Waals surface area contributed by atoms with E-state index in [0.717, 1.165) is 23.9 Å². The summed E-state index contributed by atoms with van der Waals surface area (Å²) in [4.78, 5) is 24.6. The standard InChI is InChI=1S/C13H15F2NO3S/c1-3-19-13(18)7-16(2)12(17)8-20-9-4-5-10(14)11(15)6-9/h4-6H,3,7-8H2,1-2H3. The van der Waals surface area contributed by atoms with Gasteiger partial charge in [0.2, 0.25) is 5.91 Å². The zero-order chi connectivity index (χ0) is 15.1. The maximum absolute atomic E-state index is 13.0. The summed E-state index contributed by atoms with van der Waals surface area (Å²) in [5, 5.41) is 0. The lowest BCUT2D eigenvalue weighted by molar-refractivity contribution is -0.147. The molecule has 0 spiro atoms. The number of carbonyl (C=O) groups is 2. The van der Waals surface area contributed by atoms with Gasteiger partial charge in [-0.2, -0.15) is 0 Å². The van der Waals surface area contributed by atoms with Gasteiger partial charge in [0.05, 0.1) is 12.4 Å². The van der Waals surface area contributed by atoms with Crippen LogP contribution in [0.5, 0.6) is 0 Å². The van der Waals surface area contributed by atoms with E-state index >= 15 is 0 Å². The van der Waals surface area contributed by atoms with Crippen molar-refractivity contribution >= 4 is 23.6 Å². The average Bonchev–Trinajstić information content (AvgIpc) is 2.39. The van der Waals surface area contributed by atoms with Crippen molar-refractivity contribution in [1.29, 1.82) is 0 Å². The fraction of sp³-hybridized carbons (Fsp3) is 0.385. The van der Waals surface area contributed by atoms with E-state index in [1.807, 2.05) is 0 Å². The molecule has 0 unspecified atom stereocenters. The first kappa shape index (κ1) is 16.4. The van der Waals surface area contributed by atoms with Gasteiger partial charge in [0, 0.05) is 11.9 Å². The number of benzene rings is 1. The largest absolute Gasteiger partial charge is 0.465 e. The number of likely N-dealkylation sites (N-methyl/N-ethyl adjacent to an activating group) is 1. The van der Waals surface area contributed by atoms with Crippen LogP contribution < -0.4 is 0 Å². The maximum atomic E-state index is 13.0. The lowest BCUT2D eigenvalue weighted by Crippen LogP contribution is -2.34. The highest BCUT2D eigenvalue weighted by atomic mass is 32.2. The molecule has 0 aliphatic carbocycles. The second kappa shape index (κ2) is 7.84. The van der Waals surface area contributed by atoms with Crippen LogP contribution in [0, 0.1) is 11.6 Å². The molecule has 110 valence electrons. The number of carbonyl (C=O) groups excluding carboxylic acids is 2. The molecule has 0 heterocycles. The number of thioether (sulfide) groups is 1. The minimum atomic E-state index is -0.956. The van der Waals surface area contributed by atoms with E-state index in [0.29, 0.717) is 4.90 Å². The average molecular weight is 303 g/mol. The number of rotatable bonds is 6. The van der Waals surface area contributed by atoms with E-state index in [1.165, 1.54) is 18.0 Å². The summed E-state index contributed by atoms with van der Waals surface area (Å²) in [5.74, 6) is -2.64. The zero-order valence-corrected chi connectivity index (χ0v) is 12.0. The van der Waals surface area contributed by atoms with Gasteiger partial charge in [-0.05, 0) is 25.1 Å². The molecular weight excluding hydrogens is 288 g/mol. The summed E-state index contributed by atoms with van der Waals surface area (Å²) < 4.78 is 30.4. The predicted molar refractivity (Wildman–Crippen MR) is 71.4 cm³/mol. The fourth-order valence-electron chi connectivity index (χ4n) is 1.31. The van der Waals surface area contributed by atoms with Crippen molar-refractivity contribution < 1.29 is 23.1 Å². The molecule has 1 amide bonds. The van der Waals surface area contributed by atoms with Crippen molar-refractivity contribution in [2.75, 3.05) is 26.0 Å². The molecule has 0 fully saturated rings. The Morgan fingerprint density at radius 2 is 2.00 bits per heavy atom. The Morgan fingerprint density at radius 1 is 1.30 bits per heavy atom. The van der Waals surface area contributed by atoms with Crippen molar-refractivity contribution in [1.82, 2.24) is 4.90 Å². The van der Waals surface area contributed by atoms with Crippen LogP contribution in [0.25, 0.3) is 0 Å². The first-order chi connectivity index (χ1) is 9.43. The molecule has 0 aliphatic heterocycles. The third-order valence-corrected chi connectivity index (χ3v) is 3.33. The summed E-state index contributed by atoms with van der Waals surface area (Å²) in [7, 11) is 1.48. The van der Waals surface area contributed by atoms with Gasteiger partial charge in [-0.1, -0.05) is 0 Å². The van der Waals surface area contributed by atoms with Gasteiger partial charge in [0.15, 0.2) is 11.6 Å². The Kier molecular flexibility index (Phi) is 6.44. The van der Waals surface area contributed by atoms with Crippen LogP contribution in [-0.4, -0.2) is 42.7 Å². The topological polar surface area (TPSA) is 46.6 Å². The molecule has 1 aromatic carbocycles. The molecule has 0 saturated heterocycles. The summed E-state index contributed by atoms with van der Waals surface area (Å²) in [5.41, 5.74) is 0. The smallest absolute Gasteiger partial charge is 0.325 e. The number of hydrogen-bond acceptors (Lipinski definition) is 4. The van der Waals surface area contributed by atoms with Crippen molar-refractivity contribution in [3.63, 3.8) is 0 Å². The summed E-state index contributed by atoms with van der Waals surface area (Å²) >= 11 is 1.07. The van der Waals surface area contributed by atoms with Crippen molar-refractivity contribution in [2.24, 2.45) is 0 Å². The highest BCUT2D eigenvalue weighted by Gasteiger charge is 2.14.